The molecule has 1 aromatic rings. The van der Waals surface area contributed by atoms with Crippen LogP contribution in [-0.4, -0.2) is 51.9 Å². The van der Waals surface area contributed by atoms with E-state index in [-0.39, 0.29) is 19.1 Å². The van der Waals surface area contributed by atoms with Crippen LogP contribution in [0, 0.1) is 13.8 Å². The van der Waals surface area contributed by atoms with Crippen molar-refractivity contribution >= 4 is 11.6 Å². The normalized spacial score (nSPS) is 10.8. The maximum Gasteiger partial charge on any atom is 0.238 e. The van der Waals surface area contributed by atoms with Gasteiger partial charge in [0.15, 0.2) is 0 Å². The van der Waals surface area contributed by atoms with Crippen LogP contribution in [0.25, 0.3) is 0 Å². The first kappa shape index (κ1) is 15.4. The number of aryl methyl sites for hydroxylation is 2. The largest absolute Gasteiger partial charge is 0.395 e. The maximum atomic E-state index is 12.0. The standard InChI is InChI=1S/C13H22N4O2/c1-5-6-17(7-8-18)9-12(19)14-13-10(2)15-16(4)11(13)3/h5,18H,1,6-9H2,2-4H3,(H,14,19). The van der Waals surface area contributed by atoms with Crippen LogP contribution in [0.3, 0.4) is 0 Å². The fourth-order valence-corrected chi connectivity index (χ4v) is 1.90. The number of hydrogen-bond acceptors (Lipinski definition) is 4. The number of carbonyl (C=O) groups excluding carboxylic acids is 1. The minimum atomic E-state index is -0.116. The molecule has 0 unspecified atom stereocenters. The zero-order chi connectivity index (χ0) is 14.4. The van der Waals surface area contributed by atoms with Gasteiger partial charge in [0.25, 0.3) is 0 Å². The summed E-state index contributed by atoms with van der Waals surface area (Å²) in [7, 11) is 1.84. The Kier molecular flexibility index (Phi) is 5.72. The summed E-state index contributed by atoms with van der Waals surface area (Å²) in [5.74, 6) is -0.116. The minimum Gasteiger partial charge on any atom is -0.395 e. The highest BCUT2D eigenvalue weighted by Gasteiger charge is 2.14. The predicted octanol–water partition coefficient (Wildman–Crippen LogP) is 0.456. The average molecular weight is 266 g/mol. The molecule has 0 fully saturated rings. The Hall–Kier alpha value is -1.66. The van der Waals surface area contributed by atoms with Gasteiger partial charge in [-0.3, -0.25) is 14.4 Å². The second kappa shape index (κ2) is 7.06. The first-order valence-corrected chi connectivity index (χ1v) is 6.23. The number of nitrogens with one attached hydrogen (secondary N) is 1. The first-order valence-electron chi connectivity index (χ1n) is 6.23. The van der Waals surface area contributed by atoms with Gasteiger partial charge in [-0.2, -0.15) is 5.10 Å². The summed E-state index contributed by atoms with van der Waals surface area (Å²) in [6.45, 7) is 8.66. The quantitative estimate of drug-likeness (QED) is 0.703. The van der Waals surface area contributed by atoms with Crippen molar-refractivity contribution in [1.29, 1.82) is 0 Å². The Labute approximate surface area is 113 Å². The number of aromatic nitrogens is 2. The van der Waals surface area contributed by atoms with Gasteiger partial charge >= 0.3 is 0 Å². The lowest BCUT2D eigenvalue weighted by Gasteiger charge is -2.18. The molecule has 0 spiro atoms. The zero-order valence-corrected chi connectivity index (χ0v) is 11.8. The number of aliphatic hydroxyl groups excluding tert-OH is 1. The molecule has 1 aromatic heterocycles. The van der Waals surface area contributed by atoms with E-state index in [1.807, 2.05) is 25.8 Å². The molecule has 1 amide bonds. The van der Waals surface area contributed by atoms with E-state index in [1.54, 1.807) is 10.8 Å². The van der Waals surface area contributed by atoms with E-state index >= 15 is 0 Å². The Morgan fingerprint density at radius 3 is 2.74 bits per heavy atom. The number of aliphatic hydroxyl groups is 1. The maximum absolute atomic E-state index is 12.0. The highest BCUT2D eigenvalue weighted by molar-refractivity contribution is 5.93. The van der Waals surface area contributed by atoms with Crippen molar-refractivity contribution < 1.29 is 9.90 Å². The van der Waals surface area contributed by atoms with E-state index in [0.29, 0.717) is 13.1 Å². The third kappa shape index (κ3) is 4.18. The Morgan fingerprint density at radius 2 is 2.26 bits per heavy atom. The fraction of sp³-hybridized carbons (Fsp3) is 0.538. The number of hydrogen-bond donors (Lipinski definition) is 2. The minimum absolute atomic E-state index is 0.0199. The van der Waals surface area contributed by atoms with Crippen molar-refractivity contribution in [3.05, 3.63) is 24.0 Å². The molecule has 6 heteroatoms. The van der Waals surface area contributed by atoms with Gasteiger partial charge in [0.05, 0.1) is 30.2 Å². The summed E-state index contributed by atoms with van der Waals surface area (Å²) in [6.07, 6.45) is 1.71. The van der Waals surface area contributed by atoms with Crippen molar-refractivity contribution in [2.45, 2.75) is 13.8 Å². The Balaban J connectivity index is 2.65. The summed E-state index contributed by atoms with van der Waals surface area (Å²) in [6, 6.07) is 0. The number of nitrogens with zero attached hydrogens (tertiary/aromatic N) is 3. The van der Waals surface area contributed by atoms with Crippen LogP contribution in [0.2, 0.25) is 0 Å². The van der Waals surface area contributed by atoms with E-state index in [4.69, 9.17) is 5.11 Å². The lowest BCUT2D eigenvalue weighted by atomic mass is 10.3. The second-order valence-corrected chi connectivity index (χ2v) is 4.47. The van der Waals surface area contributed by atoms with Gasteiger partial charge in [0, 0.05) is 20.1 Å². The molecule has 0 aliphatic heterocycles. The van der Waals surface area contributed by atoms with Crippen molar-refractivity contribution in [2.75, 3.05) is 31.6 Å². The fourth-order valence-electron chi connectivity index (χ4n) is 1.90. The molecule has 19 heavy (non-hydrogen) atoms. The molecule has 106 valence electrons. The molecule has 0 bridgehead atoms. The number of anilines is 1. The summed E-state index contributed by atoms with van der Waals surface area (Å²) in [4.78, 5) is 13.8. The molecule has 0 aromatic carbocycles. The van der Waals surface area contributed by atoms with Crippen LogP contribution in [0.1, 0.15) is 11.4 Å². The predicted molar refractivity (Wildman–Crippen MR) is 75.0 cm³/mol. The van der Waals surface area contributed by atoms with Gasteiger partial charge in [-0.15, -0.1) is 6.58 Å². The van der Waals surface area contributed by atoms with Crippen molar-refractivity contribution in [2.24, 2.45) is 7.05 Å². The summed E-state index contributed by atoms with van der Waals surface area (Å²) in [5, 5.41) is 16.1. The lowest BCUT2D eigenvalue weighted by molar-refractivity contribution is -0.117. The van der Waals surface area contributed by atoms with Gasteiger partial charge in [-0.05, 0) is 13.8 Å². The van der Waals surface area contributed by atoms with Gasteiger partial charge in [0.1, 0.15) is 0 Å². The molecule has 0 saturated heterocycles. The Morgan fingerprint density at radius 1 is 1.58 bits per heavy atom. The topological polar surface area (TPSA) is 70.4 Å². The summed E-state index contributed by atoms with van der Waals surface area (Å²) >= 11 is 0. The number of amides is 1. The SMILES string of the molecule is C=CCN(CCO)CC(=O)Nc1c(C)nn(C)c1C. The number of carbonyl (C=O) groups is 1. The van der Waals surface area contributed by atoms with Gasteiger partial charge in [-0.25, -0.2) is 0 Å². The molecule has 0 radical (unpaired) electrons. The van der Waals surface area contributed by atoms with E-state index in [1.165, 1.54) is 0 Å². The molecule has 1 heterocycles. The molecule has 0 atom stereocenters. The van der Waals surface area contributed by atoms with E-state index < -0.39 is 0 Å². The smallest absolute Gasteiger partial charge is 0.238 e. The molecule has 0 aliphatic rings. The van der Waals surface area contributed by atoms with Crippen LogP contribution in [0.5, 0.6) is 0 Å². The number of rotatable bonds is 7. The van der Waals surface area contributed by atoms with Gasteiger partial charge < -0.3 is 10.4 Å². The highest BCUT2D eigenvalue weighted by atomic mass is 16.3. The van der Waals surface area contributed by atoms with Crippen LogP contribution in [0.15, 0.2) is 12.7 Å². The third-order valence-electron chi connectivity index (χ3n) is 2.94. The lowest BCUT2D eigenvalue weighted by Crippen LogP contribution is -2.35. The third-order valence-corrected chi connectivity index (χ3v) is 2.94. The van der Waals surface area contributed by atoms with Crippen LogP contribution >= 0.6 is 0 Å². The van der Waals surface area contributed by atoms with Crippen molar-refractivity contribution in [1.82, 2.24) is 14.7 Å². The van der Waals surface area contributed by atoms with Crippen molar-refractivity contribution in [3.8, 4) is 0 Å². The molecular formula is C13H22N4O2. The zero-order valence-electron chi connectivity index (χ0n) is 11.8. The molecule has 6 nitrogen and oxygen atoms in total. The molecule has 1 rings (SSSR count). The molecule has 2 N–H and O–H groups in total. The van der Waals surface area contributed by atoms with Crippen LogP contribution in [-0.2, 0) is 11.8 Å². The van der Waals surface area contributed by atoms with E-state index in [2.05, 4.69) is 17.0 Å². The molecule has 0 saturated carbocycles. The first-order chi connectivity index (χ1) is 8.99. The molecule has 0 aliphatic carbocycles. The van der Waals surface area contributed by atoms with Gasteiger partial charge in [-0.1, -0.05) is 6.08 Å². The van der Waals surface area contributed by atoms with E-state index in [9.17, 15) is 4.79 Å². The van der Waals surface area contributed by atoms with E-state index in [0.717, 1.165) is 17.1 Å². The van der Waals surface area contributed by atoms with Crippen LogP contribution in [0.4, 0.5) is 5.69 Å². The highest BCUT2D eigenvalue weighted by Crippen LogP contribution is 2.18. The average Bonchev–Trinajstić information content (AvgIpc) is 2.57. The second-order valence-electron chi connectivity index (χ2n) is 4.47. The van der Waals surface area contributed by atoms with Gasteiger partial charge in [0.2, 0.25) is 5.91 Å². The van der Waals surface area contributed by atoms with Crippen LogP contribution < -0.4 is 5.32 Å². The Bertz CT molecular complexity index is 454. The molecular weight excluding hydrogens is 244 g/mol. The summed E-state index contributed by atoms with van der Waals surface area (Å²) < 4.78 is 1.74. The van der Waals surface area contributed by atoms with Crippen molar-refractivity contribution in [3.63, 3.8) is 0 Å². The monoisotopic (exact) mass is 266 g/mol. The summed E-state index contributed by atoms with van der Waals surface area (Å²) in [5.41, 5.74) is 2.48.